The van der Waals surface area contributed by atoms with Gasteiger partial charge < -0.3 is 0 Å². The molecular formula is C27H34N8. The normalized spacial score (nSPS) is 15.5. The van der Waals surface area contributed by atoms with E-state index in [0.717, 1.165) is 73.9 Å². The van der Waals surface area contributed by atoms with E-state index in [0.29, 0.717) is 5.92 Å². The first-order valence-corrected chi connectivity index (χ1v) is 12.6. The van der Waals surface area contributed by atoms with Gasteiger partial charge in [-0.05, 0) is 73.8 Å². The lowest BCUT2D eigenvalue weighted by molar-refractivity contribution is 0.227. The Balaban J connectivity index is 1.19. The quantitative estimate of drug-likeness (QED) is 0.408. The second-order valence-corrected chi connectivity index (χ2v) is 9.61. The predicted molar refractivity (Wildman–Crippen MR) is 137 cm³/mol. The highest BCUT2D eigenvalue weighted by Gasteiger charge is 2.23. The summed E-state index contributed by atoms with van der Waals surface area (Å²) >= 11 is 0. The molecule has 182 valence electrons. The minimum Gasteiger partial charge on any atom is -0.300 e. The molecule has 1 fully saturated rings. The molecule has 0 bridgehead atoms. The Bertz CT molecular complexity index is 1320. The van der Waals surface area contributed by atoms with Crippen molar-refractivity contribution >= 4 is 11.7 Å². The third-order valence-corrected chi connectivity index (χ3v) is 7.05. The fourth-order valence-corrected chi connectivity index (χ4v) is 5.12. The van der Waals surface area contributed by atoms with Crippen LogP contribution in [0.5, 0.6) is 0 Å². The van der Waals surface area contributed by atoms with Crippen molar-refractivity contribution in [3.8, 4) is 0 Å². The van der Waals surface area contributed by atoms with E-state index in [1.165, 1.54) is 16.7 Å². The summed E-state index contributed by atoms with van der Waals surface area (Å²) in [6.07, 6.45) is 8.47. The second kappa shape index (κ2) is 10.1. The molecule has 1 aromatic carbocycles. The van der Waals surface area contributed by atoms with Gasteiger partial charge in [-0.1, -0.05) is 43.3 Å². The fourth-order valence-electron chi connectivity index (χ4n) is 5.12. The van der Waals surface area contributed by atoms with Crippen molar-refractivity contribution in [3.05, 3.63) is 76.0 Å². The molecule has 8 heteroatoms. The molecule has 4 aromatic rings. The molecule has 1 aliphatic heterocycles. The minimum atomic E-state index is 0.465. The van der Waals surface area contributed by atoms with E-state index in [2.05, 4.69) is 76.8 Å². The summed E-state index contributed by atoms with van der Waals surface area (Å²) < 4.78 is 3.80. The number of aryl methyl sites for hydroxylation is 4. The van der Waals surface area contributed by atoms with Crippen molar-refractivity contribution in [3.63, 3.8) is 0 Å². The summed E-state index contributed by atoms with van der Waals surface area (Å²) in [7, 11) is 1.93. The number of tetrazole rings is 1. The van der Waals surface area contributed by atoms with Crippen molar-refractivity contribution in [2.75, 3.05) is 19.6 Å². The maximum Gasteiger partial charge on any atom is 0.159 e. The summed E-state index contributed by atoms with van der Waals surface area (Å²) in [6.45, 7) is 9.43. The van der Waals surface area contributed by atoms with Gasteiger partial charge >= 0.3 is 0 Å². The van der Waals surface area contributed by atoms with Crippen molar-refractivity contribution in [2.45, 2.75) is 52.4 Å². The zero-order valence-electron chi connectivity index (χ0n) is 21.1. The third-order valence-electron chi connectivity index (χ3n) is 7.05. The van der Waals surface area contributed by atoms with E-state index in [1.54, 1.807) is 4.68 Å². The van der Waals surface area contributed by atoms with Crippen molar-refractivity contribution in [1.29, 1.82) is 0 Å². The Morgan fingerprint density at radius 2 is 1.86 bits per heavy atom. The van der Waals surface area contributed by atoms with Gasteiger partial charge in [-0.25, -0.2) is 14.2 Å². The van der Waals surface area contributed by atoms with Crippen LogP contribution in [0.4, 0.5) is 0 Å². The number of nitrogens with zero attached hydrogens (tertiary/aromatic N) is 8. The maximum atomic E-state index is 4.82. The first-order chi connectivity index (χ1) is 17.0. The SMILES string of the molecule is CCc1nn2c(C)cc(C)nc2c1Cc1ccc(/C=C/CN2CCC(c3nnnn3C)CC2)cc1. The maximum absolute atomic E-state index is 4.82. The van der Waals surface area contributed by atoms with E-state index in [4.69, 9.17) is 10.1 Å². The average Bonchev–Trinajstić information content (AvgIpc) is 3.44. The molecular weight excluding hydrogens is 436 g/mol. The molecule has 0 aliphatic carbocycles. The molecule has 4 heterocycles. The average molecular weight is 471 g/mol. The van der Waals surface area contributed by atoms with Gasteiger partial charge in [-0.15, -0.1) is 5.10 Å². The minimum absolute atomic E-state index is 0.465. The van der Waals surface area contributed by atoms with Gasteiger partial charge in [-0.2, -0.15) is 5.10 Å². The Labute approximate surface area is 206 Å². The van der Waals surface area contributed by atoms with Gasteiger partial charge in [0.25, 0.3) is 0 Å². The molecule has 0 atom stereocenters. The van der Waals surface area contributed by atoms with E-state index in [9.17, 15) is 0 Å². The molecule has 0 saturated carbocycles. The lowest BCUT2D eigenvalue weighted by Gasteiger charge is -2.30. The summed E-state index contributed by atoms with van der Waals surface area (Å²) in [5, 5.41) is 16.8. The van der Waals surface area contributed by atoms with Crippen molar-refractivity contribution < 1.29 is 0 Å². The van der Waals surface area contributed by atoms with Crippen LogP contribution in [0, 0.1) is 13.8 Å². The summed E-state index contributed by atoms with van der Waals surface area (Å²) in [4.78, 5) is 7.30. The molecule has 0 unspecified atom stereocenters. The fraction of sp³-hybridized carbons (Fsp3) is 0.444. The largest absolute Gasteiger partial charge is 0.300 e. The lowest BCUT2D eigenvalue weighted by atomic mass is 9.96. The molecule has 8 nitrogen and oxygen atoms in total. The standard InChI is InChI=1S/C27H34N8/c1-5-25-24(27-28-19(2)17-20(3)35(27)30-25)18-22-10-8-21(9-11-22)7-6-14-34-15-12-23(13-16-34)26-29-31-32-33(26)4/h6-11,17,23H,5,12-16,18H2,1-4H3/b7-6+. The summed E-state index contributed by atoms with van der Waals surface area (Å²) in [6, 6.07) is 11.0. The first kappa shape index (κ1) is 23.4. The van der Waals surface area contributed by atoms with Crippen LogP contribution in [0.3, 0.4) is 0 Å². The Morgan fingerprint density at radius 3 is 2.54 bits per heavy atom. The monoisotopic (exact) mass is 470 g/mol. The molecule has 1 aliphatic rings. The van der Waals surface area contributed by atoms with Crippen molar-refractivity contribution in [1.82, 2.24) is 39.7 Å². The molecule has 0 N–H and O–H groups in total. The first-order valence-electron chi connectivity index (χ1n) is 12.6. The number of rotatable bonds is 7. The number of hydrogen-bond acceptors (Lipinski definition) is 6. The smallest absolute Gasteiger partial charge is 0.159 e. The van der Waals surface area contributed by atoms with Crippen LogP contribution in [0.1, 0.15) is 65.3 Å². The number of hydrogen-bond donors (Lipinski definition) is 0. The van der Waals surface area contributed by atoms with E-state index in [-0.39, 0.29) is 0 Å². The Kier molecular flexibility index (Phi) is 6.72. The number of fused-ring (bicyclic) bond motifs is 1. The Hall–Kier alpha value is -3.39. The van der Waals surface area contributed by atoms with Crippen LogP contribution in [-0.2, 0) is 19.9 Å². The van der Waals surface area contributed by atoms with Crippen LogP contribution in [0.15, 0.2) is 36.4 Å². The highest BCUT2D eigenvalue weighted by atomic mass is 15.5. The van der Waals surface area contributed by atoms with Gasteiger partial charge in [0.2, 0.25) is 0 Å². The van der Waals surface area contributed by atoms with E-state index >= 15 is 0 Å². The van der Waals surface area contributed by atoms with Gasteiger partial charge in [0.15, 0.2) is 11.5 Å². The van der Waals surface area contributed by atoms with Crippen LogP contribution < -0.4 is 0 Å². The number of aromatic nitrogens is 7. The van der Waals surface area contributed by atoms with Crippen LogP contribution >= 0.6 is 0 Å². The highest BCUT2D eigenvalue weighted by molar-refractivity contribution is 5.55. The third kappa shape index (κ3) is 5.03. The highest BCUT2D eigenvalue weighted by Crippen LogP contribution is 2.26. The molecule has 0 spiro atoms. The number of likely N-dealkylation sites (tertiary alicyclic amines) is 1. The van der Waals surface area contributed by atoms with Crippen LogP contribution in [0.2, 0.25) is 0 Å². The zero-order valence-corrected chi connectivity index (χ0v) is 21.1. The van der Waals surface area contributed by atoms with Gasteiger partial charge in [0.05, 0.1) is 5.69 Å². The summed E-state index contributed by atoms with van der Waals surface area (Å²) in [5.74, 6) is 1.48. The molecule has 0 radical (unpaired) electrons. The van der Waals surface area contributed by atoms with E-state index < -0.39 is 0 Å². The molecule has 35 heavy (non-hydrogen) atoms. The Morgan fingerprint density at radius 1 is 1.09 bits per heavy atom. The van der Waals surface area contributed by atoms with Gasteiger partial charge in [-0.3, -0.25) is 4.90 Å². The topological polar surface area (TPSA) is 77.0 Å². The summed E-state index contributed by atoms with van der Waals surface area (Å²) in [5.41, 5.74) is 8.04. The lowest BCUT2D eigenvalue weighted by Crippen LogP contribution is -2.33. The molecule has 3 aromatic heterocycles. The zero-order chi connectivity index (χ0) is 24.4. The van der Waals surface area contributed by atoms with E-state index in [1.807, 2.05) is 18.5 Å². The number of piperidine rings is 1. The number of benzene rings is 1. The van der Waals surface area contributed by atoms with Gasteiger partial charge in [0, 0.05) is 42.9 Å². The predicted octanol–water partition coefficient (Wildman–Crippen LogP) is 3.92. The van der Waals surface area contributed by atoms with Crippen LogP contribution in [0.25, 0.3) is 11.7 Å². The van der Waals surface area contributed by atoms with Crippen molar-refractivity contribution in [2.24, 2.45) is 7.05 Å². The van der Waals surface area contributed by atoms with Gasteiger partial charge in [0.1, 0.15) is 0 Å². The molecule has 1 saturated heterocycles. The van der Waals surface area contributed by atoms with Crippen LogP contribution in [-0.4, -0.2) is 59.3 Å². The molecule has 0 amide bonds. The second-order valence-electron chi connectivity index (χ2n) is 9.61. The molecule has 5 rings (SSSR count).